The molecular formula is C28H44O. The minimum atomic E-state index is 0.325. The third-order valence-corrected chi connectivity index (χ3v) is 7.89. The van der Waals surface area contributed by atoms with Gasteiger partial charge < -0.3 is 0 Å². The predicted octanol–water partition coefficient (Wildman–Crippen LogP) is 8.26. The number of hydrogen-bond acceptors (Lipinski definition) is 1. The molecule has 0 aliphatic heterocycles. The maximum absolute atomic E-state index is 12.8. The van der Waals surface area contributed by atoms with Crippen LogP contribution in [-0.2, 0) is 11.2 Å². The van der Waals surface area contributed by atoms with Crippen LogP contribution in [0.1, 0.15) is 121 Å². The smallest absolute Gasteiger partial charge is 0.140 e. The van der Waals surface area contributed by atoms with Crippen molar-refractivity contribution in [1.29, 1.82) is 0 Å². The van der Waals surface area contributed by atoms with Crippen molar-refractivity contribution < 1.29 is 4.79 Å². The van der Waals surface area contributed by atoms with Crippen molar-refractivity contribution in [2.24, 2.45) is 17.8 Å². The average Bonchev–Trinajstić information content (AvgIpc) is 2.76. The third kappa shape index (κ3) is 6.97. The molecule has 1 heteroatoms. The molecule has 0 heterocycles. The number of unbranched alkanes of at least 4 members (excludes halogenated alkanes) is 2. The molecule has 162 valence electrons. The summed E-state index contributed by atoms with van der Waals surface area (Å²) in [7, 11) is 0. The summed E-state index contributed by atoms with van der Waals surface area (Å²) in [5.74, 6) is 3.41. The maximum Gasteiger partial charge on any atom is 0.140 e. The fraction of sp³-hybridized carbons (Fsp3) is 0.750. The zero-order valence-electron chi connectivity index (χ0n) is 19.1. The van der Waals surface area contributed by atoms with Crippen LogP contribution >= 0.6 is 0 Å². The van der Waals surface area contributed by atoms with Crippen LogP contribution in [0, 0.1) is 17.8 Å². The first-order valence-electron chi connectivity index (χ1n) is 12.8. The Morgan fingerprint density at radius 1 is 0.759 bits per heavy atom. The fourth-order valence-electron chi connectivity index (χ4n) is 5.90. The van der Waals surface area contributed by atoms with Crippen LogP contribution in [0.25, 0.3) is 0 Å². The van der Waals surface area contributed by atoms with Gasteiger partial charge in [0, 0.05) is 12.3 Å². The van der Waals surface area contributed by atoms with Crippen LogP contribution < -0.4 is 0 Å². The van der Waals surface area contributed by atoms with E-state index in [9.17, 15) is 4.79 Å². The van der Waals surface area contributed by atoms with Gasteiger partial charge in [0.2, 0.25) is 0 Å². The molecule has 2 saturated carbocycles. The molecule has 2 fully saturated rings. The number of hydrogen-bond donors (Lipinski definition) is 0. The summed E-state index contributed by atoms with van der Waals surface area (Å²) in [6.07, 6.45) is 19.2. The summed E-state index contributed by atoms with van der Waals surface area (Å²) >= 11 is 0. The minimum absolute atomic E-state index is 0.325. The summed E-state index contributed by atoms with van der Waals surface area (Å²) in [6, 6.07) is 9.12. The third-order valence-electron chi connectivity index (χ3n) is 7.89. The first kappa shape index (κ1) is 22.6. The Kier molecular flexibility index (Phi) is 9.28. The van der Waals surface area contributed by atoms with Crippen LogP contribution in [0.5, 0.6) is 0 Å². The molecule has 3 rings (SSSR count). The molecular weight excluding hydrogens is 352 g/mol. The molecule has 1 aromatic carbocycles. The molecule has 0 amide bonds. The molecule has 0 saturated heterocycles. The standard InChI is InChI=1S/C28H44O/c1-3-5-6-8-23-9-15-25(16-10-23)26-17-13-24(14-18-26)21-28(29)27-19-11-22(7-4-2)12-20-27/h13-14,17-18,22-23,25,27H,3-12,15-16,19-21H2,1-2H3. The van der Waals surface area contributed by atoms with Crippen LogP contribution in [0.4, 0.5) is 0 Å². The average molecular weight is 397 g/mol. The minimum Gasteiger partial charge on any atom is -0.299 e. The Bertz CT molecular complexity index is 585. The van der Waals surface area contributed by atoms with Gasteiger partial charge in [-0.3, -0.25) is 4.79 Å². The largest absolute Gasteiger partial charge is 0.299 e. The number of carbonyl (C=O) groups excluding carboxylic acids is 1. The summed E-state index contributed by atoms with van der Waals surface area (Å²) in [5.41, 5.74) is 2.73. The Labute approximate surface area is 180 Å². The van der Waals surface area contributed by atoms with Gasteiger partial charge in [0.15, 0.2) is 0 Å². The fourth-order valence-corrected chi connectivity index (χ4v) is 5.90. The molecule has 0 unspecified atom stereocenters. The number of carbonyl (C=O) groups is 1. The van der Waals surface area contributed by atoms with E-state index in [4.69, 9.17) is 0 Å². The Morgan fingerprint density at radius 2 is 1.38 bits per heavy atom. The number of ketones is 1. The van der Waals surface area contributed by atoms with Gasteiger partial charge >= 0.3 is 0 Å². The molecule has 0 radical (unpaired) electrons. The van der Waals surface area contributed by atoms with Gasteiger partial charge in [0.1, 0.15) is 5.78 Å². The van der Waals surface area contributed by atoms with E-state index in [0.29, 0.717) is 18.1 Å². The van der Waals surface area contributed by atoms with Crippen molar-refractivity contribution in [2.75, 3.05) is 0 Å². The topological polar surface area (TPSA) is 17.1 Å². The van der Waals surface area contributed by atoms with Gasteiger partial charge in [-0.1, -0.05) is 76.6 Å². The molecule has 0 atom stereocenters. The predicted molar refractivity (Wildman–Crippen MR) is 124 cm³/mol. The lowest BCUT2D eigenvalue weighted by molar-refractivity contribution is -0.123. The SMILES string of the molecule is CCCCCC1CCC(c2ccc(CC(=O)C3CCC(CCC)CC3)cc2)CC1. The number of benzene rings is 1. The van der Waals surface area contributed by atoms with Crippen molar-refractivity contribution in [3.63, 3.8) is 0 Å². The van der Waals surface area contributed by atoms with E-state index >= 15 is 0 Å². The van der Waals surface area contributed by atoms with Crippen molar-refractivity contribution in [3.8, 4) is 0 Å². The summed E-state index contributed by atoms with van der Waals surface area (Å²) in [6.45, 7) is 4.58. The quantitative estimate of drug-likeness (QED) is 0.364. The first-order valence-corrected chi connectivity index (χ1v) is 12.8. The van der Waals surface area contributed by atoms with Crippen molar-refractivity contribution in [1.82, 2.24) is 0 Å². The highest BCUT2D eigenvalue weighted by atomic mass is 16.1. The van der Waals surface area contributed by atoms with E-state index in [1.165, 1.54) is 88.2 Å². The lowest BCUT2D eigenvalue weighted by atomic mass is 9.76. The Morgan fingerprint density at radius 3 is 2.00 bits per heavy atom. The highest BCUT2D eigenvalue weighted by molar-refractivity contribution is 5.83. The highest BCUT2D eigenvalue weighted by Crippen LogP contribution is 2.38. The van der Waals surface area contributed by atoms with E-state index in [1.807, 2.05) is 0 Å². The zero-order chi connectivity index (χ0) is 20.5. The van der Waals surface area contributed by atoms with Gasteiger partial charge in [-0.2, -0.15) is 0 Å². The first-order chi connectivity index (χ1) is 14.2. The normalized spacial score (nSPS) is 27.7. The molecule has 0 bridgehead atoms. The van der Waals surface area contributed by atoms with Gasteiger partial charge in [-0.05, 0) is 80.2 Å². The summed E-state index contributed by atoms with van der Waals surface area (Å²) in [5, 5.41) is 0. The van der Waals surface area contributed by atoms with Gasteiger partial charge in [-0.25, -0.2) is 0 Å². The second-order valence-corrected chi connectivity index (χ2v) is 10.1. The van der Waals surface area contributed by atoms with Gasteiger partial charge in [0.25, 0.3) is 0 Å². The van der Waals surface area contributed by atoms with Crippen LogP contribution in [-0.4, -0.2) is 5.78 Å². The molecule has 2 aliphatic carbocycles. The van der Waals surface area contributed by atoms with Gasteiger partial charge in [-0.15, -0.1) is 0 Å². The highest BCUT2D eigenvalue weighted by Gasteiger charge is 2.26. The molecule has 2 aliphatic rings. The molecule has 1 nitrogen and oxygen atoms in total. The lowest BCUT2D eigenvalue weighted by Gasteiger charge is -2.29. The lowest BCUT2D eigenvalue weighted by Crippen LogP contribution is -2.23. The van der Waals surface area contributed by atoms with E-state index in [2.05, 4.69) is 38.1 Å². The molecule has 29 heavy (non-hydrogen) atoms. The van der Waals surface area contributed by atoms with E-state index < -0.39 is 0 Å². The van der Waals surface area contributed by atoms with Crippen LogP contribution in [0.3, 0.4) is 0 Å². The summed E-state index contributed by atoms with van der Waals surface area (Å²) in [4.78, 5) is 12.8. The maximum atomic E-state index is 12.8. The Hall–Kier alpha value is -1.11. The number of Topliss-reactive ketones (excluding diaryl/α,β-unsaturated/α-hetero) is 1. The molecule has 0 aromatic heterocycles. The molecule has 1 aromatic rings. The van der Waals surface area contributed by atoms with Crippen molar-refractivity contribution in [2.45, 2.75) is 116 Å². The Balaban J connectivity index is 1.42. The van der Waals surface area contributed by atoms with Gasteiger partial charge in [0.05, 0.1) is 0 Å². The van der Waals surface area contributed by atoms with E-state index in [0.717, 1.165) is 30.6 Å². The summed E-state index contributed by atoms with van der Waals surface area (Å²) < 4.78 is 0. The zero-order valence-corrected chi connectivity index (χ0v) is 19.1. The van der Waals surface area contributed by atoms with Crippen LogP contribution in [0.2, 0.25) is 0 Å². The molecule has 0 N–H and O–H groups in total. The van der Waals surface area contributed by atoms with Crippen molar-refractivity contribution >= 4 is 5.78 Å². The monoisotopic (exact) mass is 396 g/mol. The van der Waals surface area contributed by atoms with Crippen LogP contribution in [0.15, 0.2) is 24.3 Å². The van der Waals surface area contributed by atoms with E-state index in [-0.39, 0.29) is 0 Å². The second-order valence-electron chi connectivity index (χ2n) is 10.1. The van der Waals surface area contributed by atoms with Crippen molar-refractivity contribution in [3.05, 3.63) is 35.4 Å². The van der Waals surface area contributed by atoms with E-state index in [1.54, 1.807) is 0 Å². The molecule has 0 spiro atoms. The number of rotatable bonds is 10. The second kappa shape index (κ2) is 11.9.